The van der Waals surface area contributed by atoms with Gasteiger partial charge in [0.25, 0.3) is 5.56 Å². The number of nitrogens with zero attached hydrogens (tertiary/aromatic N) is 5. The molecule has 0 aromatic carbocycles. The van der Waals surface area contributed by atoms with Gasteiger partial charge in [0, 0.05) is 37.8 Å². The van der Waals surface area contributed by atoms with E-state index in [9.17, 15) is 9.59 Å². The molecule has 4 rings (SSSR count). The summed E-state index contributed by atoms with van der Waals surface area (Å²) in [6.07, 6.45) is 8.95. The van der Waals surface area contributed by atoms with Crippen LogP contribution in [0.4, 0.5) is 5.69 Å². The second-order valence-corrected chi connectivity index (χ2v) is 9.44. The van der Waals surface area contributed by atoms with Crippen molar-refractivity contribution in [1.82, 2.24) is 19.4 Å². The highest BCUT2D eigenvalue weighted by Crippen LogP contribution is 2.35. The maximum absolute atomic E-state index is 14.0. The van der Waals surface area contributed by atoms with Crippen molar-refractivity contribution < 1.29 is 4.79 Å². The minimum absolute atomic E-state index is 0.0408. The third-order valence-corrected chi connectivity index (χ3v) is 6.86. The highest BCUT2D eigenvalue weighted by atomic mass is 35.5. The number of aryl methyl sites for hydroxylation is 1. The van der Waals surface area contributed by atoms with Crippen molar-refractivity contribution in [1.29, 1.82) is 0 Å². The molecule has 35 heavy (non-hydrogen) atoms. The zero-order valence-corrected chi connectivity index (χ0v) is 21.3. The molecule has 7 nitrogen and oxygen atoms in total. The fourth-order valence-electron chi connectivity index (χ4n) is 4.48. The molecule has 3 aromatic rings. The normalized spacial score (nSPS) is 13.9. The van der Waals surface area contributed by atoms with E-state index in [1.54, 1.807) is 17.2 Å². The van der Waals surface area contributed by atoms with Gasteiger partial charge >= 0.3 is 0 Å². The first-order chi connectivity index (χ1) is 16.7. The summed E-state index contributed by atoms with van der Waals surface area (Å²) >= 11 is 12.7. The third-order valence-electron chi connectivity index (χ3n) is 6.19. The molecule has 0 spiro atoms. The molecular weight excluding hydrogens is 485 g/mol. The largest absolute Gasteiger partial charge is 0.366 e. The monoisotopic (exact) mass is 509 g/mol. The highest BCUT2D eigenvalue weighted by Gasteiger charge is 2.28. The average Bonchev–Trinajstić information content (AvgIpc) is 2.84. The number of aromatic nitrogens is 3. The van der Waals surface area contributed by atoms with Crippen LogP contribution in [-0.2, 0) is 4.79 Å². The molecule has 9 heteroatoms. The molecule has 3 aromatic heterocycles. The molecule has 1 amide bonds. The van der Waals surface area contributed by atoms with E-state index in [-0.39, 0.29) is 33.1 Å². The van der Waals surface area contributed by atoms with Crippen LogP contribution in [0, 0.1) is 19.3 Å². The van der Waals surface area contributed by atoms with Gasteiger partial charge in [0.2, 0.25) is 5.91 Å². The van der Waals surface area contributed by atoms with Crippen LogP contribution in [0.2, 0.25) is 10.2 Å². The Balaban J connectivity index is 2.04. The minimum atomic E-state index is -0.386. The van der Waals surface area contributed by atoms with Gasteiger partial charge < -0.3 is 9.80 Å². The molecular formula is C26H25Cl2N5O2. The maximum Gasteiger partial charge on any atom is 0.274 e. The highest BCUT2D eigenvalue weighted by molar-refractivity contribution is 6.41. The molecule has 4 heterocycles. The molecule has 180 valence electrons. The molecule has 0 aliphatic carbocycles. The van der Waals surface area contributed by atoms with E-state index in [4.69, 9.17) is 29.6 Å². The minimum Gasteiger partial charge on any atom is -0.366 e. The van der Waals surface area contributed by atoms with Gasteiger partial charge in [0.1, 0.15) is 10.7 Å². The Morgan fingerprint density at radius 3 is 2.51 bits per heavy atom. The van der Waals surface area contributed by atoms with Gasteiger partial charge in [0.15, 0.2) is 5.65 Å². The van der Waals surface area contributed by atoms with Gasteiger partial charge in [-0.1, -0.05) is 49.5 Å². The molecule has 0 N–H and O–H groups in total. The van der Waals surface area contributed by atoms with Crippen molar-refractivity contribution in [3.05, 3.63) is 68.3 Å². The number of hydrogen-bond acceptors (Lipinski definition) is 5. The quantitative estimate of drug-likeness (QED) is 0.297. The Kier molecular flexibility index (Phi) is 6.88. The Labute approximate surface area is 214 Å². The van der Waals surface area contributed by atoms with E-state index < -0.39 is 0 Å². The van der Waals surface area contributed by atoms with Gasteiger partial charge in [-0.3, -0.25) is 19.1 Å². The number of rotatable bonds is 4. The summed E-state index contributed by atoms with van der Waals surface area (Å²) in [6.45, 7) is 11.4. The molecule has 1 fully saturated rings. The van der Waals surface area contributed by atoms with Gasteiger partial charge in [0.05, 0.1) is 22.1 Å². The zero-order chi connectivity index (χ0) is 25.4. The van der Waals surface area contributed by atoms with Crippen LogP contribution >= 0.6 is 23.2 Å². The molecule has 1 aliphatic rings. The van der Waals surface area contributed by atoms with Crippen molar-refractivity contribution >= 4 is 45.8 Å². The van der Waals surface area contributed by atoms with E-state index in [1.165, 1.54) is 10.6 Å². The number of carbonyl (C=O) groups excluding carboxylic acids is 1. The predicted octanol–water partition coefficient (Wildman–Crippen LogP) is 4.34. The van der Waals surface area contributed by atoms with Gasteiger partial charge in [-0.15, -0.1) is 6.42 Å². The lowest BCUT2D eigenvalue weighted by Gasteiger charge is -2.36. The van der Waals surface area contributed by atoms with Crippen LogP contribution in [0.1, 0.15) is 36.6 Å². The summed E-state index contributed by atoms with van der Waals surface area (Å²) in [4.78, 5) is 38.8. The van der Waals surface area contributed by atoms with Crippen LogP contribution in [0.15, 0.2) is 35.8 Å². The van der Waals surface area contributed by atoms with Crippen molar-refractivity contribution in [3.63, 3.8) is 0 Å². The Bertz CT molecular complexity index is 1450. The van der Waals surface area contributed by atoms with Crippen molar-refractivity contribution in [2.75, 3.05) is 31.1 Å². The Hall–Kier alpha value is -3.34. The molecule has 0 saturated carbocycles. The van der Waals surface area contributed by atoms with Crippen LogP contribution < -0.4 is 10.5 Å². The Morgan fingerprint density at radius 1 is 1.23 bits per heavy atom. The number of hydrogen-bond donors (Lipinski definition) is 0. The summed E-state index contributed by atoms with van der Waals surface area (Å²) in [5.74, 6) is 2.52. The standard InChI is InChI=1S/C26H25Cl2N5O2/c1-6-17-23(32-12-10-31(11-13-32)20(34)7-2)18-14-19(27)24(28)30-25(18)33(26(17)35)22-16(5)8-9-29-21(22)15(3)4/h1,7-9,14-15H,2,10-13H2,3-5H3. The summed E-state index contributed by atoms with van der Waals surface area (Å²) in [5, 5.41) is 0.940. The number of anilines is 1. The summed E-state index contributed by atoms with van der Waals surface area (Å²) in [7, 11) is 0. The van der Waals surface area contributed by atoms with Crippen molar-refractivity contribution in [3.8, 4) is 18.0 Å². The van der Waals surface area contributed by atoms with Crippen LogP contribution in [0.5, 0.6) is 0 Å². The van der Waals surface area contributed by atoms with Crippen molar-refractivity contribution in [2.24, 2.45) is 0 Å². The zero-order valence-electron chi connectivity index (χ0n) is 19.8. The topological polar surface area (TPSA) is 71.3 Å². The molecule has 0 unspecified atom stereocenters. The van der Waals surface area contributed by atoms with Gasteiger partial charge in [-0.2, -0.15) is 0 Å². The molecule has 1 saturated heterocycles. The number of pyridine rings is 3. The fourth-order valence-corrected chi connectivity index (χ4v) is 4.76. The number of carbonyl (C=O) groups is 1. The van der Waals surface area contributed by atoms with E-state index in [1.807, 2.05) is 31.7 Å². The van der Waals surface area contributed by atoms with E-state index in [0.29, 0.717) is 48.6 Å². The number of terminal acetylenes is 1. The lowest BCUT2D eigenvalue weighted by atomic mass is 10.0. The van der Waals surface area contributed by atoms with E-state index in [2.05, 4.69) is 22.5 Å². The third kappa shape index (κ3) is 4.29. The number of halogens is 2. The first-order valence-corrected chi connectivity index (χ1v) is 12.0. The number of fused-ring (bicyclic) bond motifs is 1. The Morgan fingerprint density at radius 2 is 1.91 bits per heavy atom. The summed E-state index contributed by atoms with van der Waals surface area (Å²) in [5.41, 5.74) is 2.95. The lowest BCUT2D eigenvalue weighted by molar-refractivity contribution is -0.126. The second kappa shape index (κ2) is 9.73. The van der Waals surface area contributed by atoms with Crippen LogP contribution in [0.25, 0.3) is 16.7 Å². The number of piperazine rings is 1. The van der Waals surface area contributed by atoms with Crippen molar-refractivity contribution in [2.45, 2.75) is 26.7 Å². The van der Waals surface area contributed by atoms with Crippen LogP contribution in [-0.4, -0.2) is 51.5 Å². The fraction of sp³-hybridized carbons (Fsp3) is 0.308. The smallest absolute Gasteiger partial charge is 0.274 e. The predicted molar refractivity (Wildman–Crippen MR) is 141 cm³/mol. The molecule has 0 radical (unpaired) electrons. The average molecular weight is 510 g/mol. The summed E-state index contributed by atoms with van der Waals surface area (Å²) in [6, 6.07) is 3.54. The lowest BCUT2D eigenvalue weighted by Crippen LogP contribution is -2.49. The second-order valence-electron chi connectivity index (χ2n) is 8.67. The number of amides is 1. The summed E-state index contributed by atoms with van der Waals surface area (Å²) < 4.78 is 1.51. The molecule has 0 bridgehead atoms. The van der Waals surface area contributed by atoms with Gasteiger partial charge in [-0.25, -0.2) is 4.98 Å². The van der Waals surface area contributed by atoms with Crippen LogP contribution in [0.3, 0.4) is 0 Å². The first-order valence-electron chi connectivity index (χ1n) is 11.2. The maximum atomic E-state index is 14.0. The van der Waals surface area contributed by atoms with Gasteiger partial charge in [-0.05, 0) is 36.6 Å². The SMILES string of the molecule is C#Cc1c(N2CCN(C(=O)C=C)CC2)c2cc(Cl)c(Cl)nc2n(-c2c(C)ccnc2C(C)C)c1=O. The molecule has 0 atom stereocenters. The first kappa shape index (κ1) is 24.8. The molecule has 1 aliphatic heterocycles. The van der Waals surface area contributed by atoms with E-state index in [0.717, 1.165) is 11.3 Å². The van der Waals surface area contributed by atoms with E-state index >= 15 is 0 Å².